The summed E-state index contributed by atoms with van der Waals surface area (Å²) in [5, 5.41) is 8.45. The topological polar surface area (TPSA) is 100 Å². The van der Waals surface area contributed by atoms with E-state index in [-0.39, 0.29) is 30.0 Å². The molecule has 0 saturated carbocycles. The summed E-state index contributed by atoms with van der Waals surface area (Å²) in [6.07, 6.45) is 5.27. The lowest BCUT2D eigenvalue weighted by atomic mass is 9.97. The Kier molecular flexibility index (Phi) is 5.51. The minimum Gasteiger partial charge on any atom is -0.352 e. The molecule has 2 N–H and O–H groups in total. The van der Waals surface area contributed by atoms with Gasteiger partial charge >= 0.3 is 0 Å². The first-order valence-corrected chi connectivity index (χ1v) is 11.3. The van der Waals surface area contributed by atoms with Gasteiger partial charge in [0.1, 0.15) is 12.2 Å². The zero-order chi connectivity index (χ0) is 22.1. The fourth-order valence-corrected chi connectivity index (χ4v) is 4.71. The van der Waals surface area contributed by atoms with Crippen molar-refractivity contribution in [1.29, 1.82) is 0 Å². The summed E-state index contributed by atoms with van der Waals surface area (Å²) < 4.78 is 1.27. The van der Waals surface area contributed by atoms with E-state index in [4.69, 9.17) is 0 Å². The second-order valence-corrected chi connectivity index (χ2v) is 8.72. The van der Waals surface area contributed by atoms with Gasteiger partial charge in [-0.15, -0.1) is 0 Å². The SMILES string of the molecule is O=C(Cn1nc2c(cc1=O)CCCC2)NC1CCN(C(=O)c2cc3ccccc3[nH]2)CC1. The fraction of sp³-hybridized carbons (Fsp3) is 0.417. The van der Waals surface area contributed by atoms with Gasteiger partial charge < -0.3 is 15.2 Å². The van der Waals surface area contributed by atoms with E-state index >= 15 is 0 Å². The molecule has 5 rings (SSSR count). The summed E-state index contributed by atoms with van der Waals surface area (Å²) in [6, 6.07) is 11.3. The quantitative estimate of drug-likeness (QED) is 0.657. The van der Waals surface area contributed by atoms with Gasteiger partial charge in [-0.25, -0.2) is 4.68 Å². The van der Waals surface area contributed by atoms with E-state index < -0.39 is 0 Å². The van der Waals surface area contributed by atoms with Gasteiger partial charge in [0.05, 0.1) is 5.69 Å². The lowest BCUT2D eigenvalue weighted by molar-refractivity contribution is -0.122. The summed E-state index contributed by atoms with van der Waals surface area (Å²) >= 11 is 0. The summed E-state index contributed by atoms with van der Waals surface area (Å²) in [6.45, 7) is 1.09. The molecule has 0 atom stereocenters. The van der Waals surface area contributed by atoms with Crippen molar-refractivity contribution in [2.45, 2.75) is 51.1 Å². The first-order chi connectivity index (χ1) is 15.6. The average Bonchev–Trinajstić information content (AvgIpc) is 3.24. The van der Waals surface area contributed by atoms with Crippen LogP contribution in [0.2, 0.25) is 0 Å². The van der Waals surface area contributed by atoms with E-state index in [1.54, 1.807) is 6.07 Å². The van der Waals surface area contributed by atoms with Crippen LogP contribution in [0.4, 0.5) is 0 Å². The molecular formula is C24H27N5O3. The largest absolute Gasteiger partial charge is 0.352 e. The van der Waals surface area contributed by atoms with Crippen molar-refractivity contribution in [3.05, 3.63) is 63.7 Å². The highest BCUT2D eigenvalue weighted by atomic mass is 16.2. The highest BCUT2D eigenvalue weighted by molar-refractivity contribution is 5.98. The van der Waals surface area contributed by atoms with Gasteiger partial charge in [-0.2, -0.15) is 5.10 Å². The van der Waals surface area contributed by atoms with Gasteiger partial charge in [0.25, 0.3) is 11.5 Å². The Bertz CT molecular complexity index is 1190. The van der Waals surface area contributed by atoms with Crippen molar-refractivity contribution in [1.82, 2.24) is 25.0 Å². The van der Waals surface area contributed by atoms with Gasteiger partial charge in [-0.05, 0) is 56.2 Å². The number of rotatable bonds is 4. The minimum absolute atomic E-state index is 0.0115. The number of nitrogens with zero attached hydrogens (tertiary/aromatic N) is 3. The number of hydrogen-bond donors (Lipinski definition) is 2. The fourth-order valence-electron chi connectivity index (χ4n) is 4.71. The number of likely N-dealkylation sites (tertiary alicyclic amines) is 1. The highest BCUT2D eigenvalue weighted by Gasteiger charge is 2.26. The normalized spacial score (nSPS) is 16.7. The third kappa shape index (κ3) is 4.17. The van der Waals surface area contributed by atoms with E-state index in [1.807, 2.05) is 35.2 Å². The Morgan fingerprint density at radius 2 is 1.88 bits per heavy atom. The van der Waals surface area contributed by atoms with Crippen LogP contribution in [0.15, 0.2) is 41.2 Å². The number of nitrogens with one attached hydrogen (secondary N) is 2. The Morgan fingerprint density at radius 1 is 1.09 bits per heavy atom. The number of H-pyrrole nitrogens is 1. The predicted molar refractivity (Wildman–Crippen MR) is 121 cm³/mol. The number of carbonyl (C=O) groups is 2. The number of para-hydroxylation sites is 1. The predicted octanol–water partition coefficient (Wildman–Crippen LogP) is 2.02. The first kappa shape index (κ1) is 20.5. The van der Waals surface area contributed by atoms with Crippen molar-refractivity contribution in [3.63, 3.8) is 0 Å². The zero-order valence-corrected chi connectivity index (χ0v) is 18.0. The number of aryl methyl sites for hydroxylation is 2. The van der Waals surface area contributed by atoms with E-state index in [0.717, 1.165) is 47.8 Å². The molecule has 1 saturated heterocycles. The molecule has 32 heavy (non-hydrogen) atoms. The number of piperidine rings is 1. The molecule has 0 spiro atoms. The summed E-state index contributed by atoms with van der Waals surface area (Å²) in [7, 11) is 0. The lowest BCUT2D eigenvalue weighted by Crippen LogP contribution is -2.47. The van der Waals surface area contributed by atoms with E-state index in [2.05, 4.69) is 15.4 Å². The maximum absolute atomic E-state index is 12.9. The molecule has 2 amide bonds. The van der Waals surface area contributed by atoms with Crippen molar-refractivity contribution in [2.24, 2.45) is 0 Å². The van der Waals surface area contributed by atoms with Gasteiger partial charge in [-0.3, -0.25) is 14.4 Å². The van der Waals surface area contributed by atoms with E-state index in [9.17, 15) is 14.4 Å². The average molecular weight is 434 g/mol. The summed E-state index contributed by atoms with van der Waals surface area (Å²) in [4.78, 5) is 42.7. The molecular weight excluding hydrogens is 406 g/mol. The van der Waals surface area contributed by atoms with Gasteiger partial charge in [0.15, 0.2) is 0 Å². The van der Waals surface area contributed by atoms with Crippen molar-refractivity contribution >= 4 is 22.7 Å². The Hall–Kier alpha value is -3.42. The molecule has 1 aliphatic heterocycles. The van der Waals surface area contributed by atoms with Crippen LogP contribution in [-0.2, 0) is 24.2 Å². The molecule has 8 heteroatoms. The summed E-state index contributed by atoms with van der Waals surface area (Å²) in [5.74, 6) is -0.230. The number of benzene rings is 1. The maximum atomic E-state index is 12.9. The number of aromatic amines is 1. The third-order valence-corrected chi connectivity index (χ3v) is 6.47. The van der Waals surface area contributed by atoms with Crippen LogP contribution < -0.4 is 10.9 Å². The van der Waals surface area contributed by atoms with Crippen LogP contribution >= 0.6 is 0 Å². The van der Waals surface area contributed by atoms with Crippen LogP contribution in [0, 0.1) is 0 Å². The molecule has 1 aliphatic carbocycles. The molecule has 166 valence electrons. The van der Waals surface area contributed by atoms with Crippen molar-refractivity contribution < 1.29 is 9.59 Å². The number of aromatic nitrogens is 3. The summed E-state index contributed by atoms with van der Waals surface area (Å²) in [5.41, 5.74) is 3.27. The second-order valence-electron chi connectivity index (χ2n) is 8.72. The van der Waals surface area contributed by atoms with Gasteiger partial charge in [-0.1, -0.05) is 18.2 Å². The number of amides is 2. The van der Waals surface area contributed by atoms with Crippen LogP contribution in [0.25, 0.3) is 10.9 Å². The highest BCUT2D eigenvalue weighted by Crippen LogP contribution is 2.19. The van der Waals surface area contributed by atoms with E-state index in [1.165, 1.54) is 4.68 Å². The monoisotopic (exact) mass is 433 g/mol. The Morgan fingerprint density at radius 3 is 2.69 bits per heavy atom. The first-order valence-electron chi connectivity index (χ1n) is 11.3. The Balaban J connectivity index is 1.16. The van der Waals surface area contributed by atoms with Crippen LogP contribution in [0.1, 0.15) is 47.4 Å². The zero-order valence-electron chi connectivity index (χ0n) is 18.0. The molecule has 2 aliphatic rings. The molecule has 8 nitrogen and oxygen atoms in total. The van der Waals surface area contributed by atoms with Crippen molar-refractivity contribution in [3.8, 4) is 0 Å². The Labute approximate surface area is 185 Å². The van der Waals surface area contributed by atoms with E-state index in [0.29, 0.717) is 31.6 Å². The molecule has 3 aromatic rings. The third-order valence-electron chi connectivity index (χ3n) is 6.47. The molecule has 0 radical (unpaired) electrons. The number of hydrogen-bond acceptors (Lipinski definition) is 4. The molecule has 3 heterocycles. The van der Waals surface area contributed by atoms with Gasteiger partial charge in [0, 0.05) is 36.1 Å². The molecule has 0 bridgehead atoms. The smallest absolute Gasteiger partial charge is 0.270 e. The molecule has 0 unspecified atom stereocenters. The lowest BCUT2D eigenvalue weighted by Gasteiger charge is -2.32. The second kappa shape index (κ2) is 8.61. The van der Waals surface area contributed by atoms with Crippen LogP contribution in [0.5, 0.6) is 0 Å². The van der Waals surface area contributed by atoms with Gasteiger partial charge in [0.2, 0.25) is 5.91 Å². The molecule has 1 fully saturated rings. The maximum Gasteiger partial charge on any atom is 0.270 e. The molecule has 1 aromatic carbocycles. The minimum atomic E-state index is -0.223. The van der Waals surface area contributed by atoms with Crippen LogP contribution in [0.3, 0.4) is 0 Å². The number of fused-ring (bicyclic) bond motifs is 2. The van der Waals surface area contributed by atoms with Crippen LogP contribution in [-0.4, -0.2) is 50.6 Å². The molecule has 2 aromatic heterocycles. The standard InChI is InChI=1S/C24H27N5O3/c30-22(15-29-23(31)14-17-6-2-4-8-20(17)27-29)25-18-9-11-28(12-10-18)24(32)21-13-16-5-1-3-7-19(16)26-21/h1,3,5,7,13-14,18,26H,2,4,6,8-12,15H2,(H,25,30). The van der Waals surface area contributed by atoms with Crippen molar-refractivity contribution in [2.75, 3.05) is 13.1 Å². The number of carbonyl (C=O) groups excluding carboxylic acids is 2.